The number of halogens is 2. The van der Waals surface area contributed by atoms with Crippen LogP contribution in [0.25, 0.3) is 0 Å². The second-order valence-electron chi connectivity index (χ2n) is 4.26. The van der Waals surface area contributed by atoms with Crippen LogP contribution in [0.3, 0.4) is 0 Å². The maximum Gasteiger partial charge on any atom is 0.211 e. The van der Waals surface area contributed by atoms with Gasteiger partial charge in [-0.25, -0.2) is 0 Å². The first kappa shape index (κ1) is 17.8. The molecule has 116 valence electrons. The average Bonchev–Trinajstić information content (AvgIpc) is 2.47. The predicted octanol–water partition coefficient (Wildman–Crippen LogP) is 2.95. The number of rotatable bonds is 5. The molecule has 0 saturated heterocycles. The van der Waals surface area contributed by atoms with Gasteiger partial charge >= 0.3 is 0 Å². The third kappa shape index (κ3) is 6.03. The summed E-state index contributed by atoms with van der Waals surface area (Å²) in [5.41, 5.74) is 12.3. The molecule has 0 spiro atoms. The van der Waals surface area contributed by atoms with Crippen LogP contribution in [-0.4, -0.2) is 12.2 Å². The van der Waals surface area contributed by atoms with E-state index in [1.807, 2.05) is 48.5 Å². The molecule has 0 radical (unpaired) electrons. The highest BCUT2D eigenvalue weighted by Crippen LogP contribution is 2.15. The lowest BCUT2D eigenvalue weighted by atomic mass is 10.2. The topological polar surface area (TPSA) is 86.0 Å². The number of ether oxygens (including phenoxy) is 1. The van der Waals surface area contributed by atoms with Crippen LogP contribution in [-0.2, 0) is 6.61 Å². The highest BCUT2D eigenvalue weighted by atomic mass is 35.5. The molecule has 0 bridgehead atoms. The Morgan fingerprint density at radius 3 is 2.55 bits per heavy atom. The molecule has 2 aromatic carbocycles. The lowest BCUT2D eigenvalue weighted by Crippen LogP contribution is -2.21. The lowest BCUT2D eigenvalue weighted by molar-refractivity contribution is 0.306. The van der Waals surface area contributed by atoms with Crippen molar-refractivity contribution in [2.45, 2.75) is 6.61 Å². The molecule has 0 heterocycles. The van der Waals surface area contributed by atoms with Gasteiger partial charge in [-0.2, -0.15) is 5.10 Å². The van der Waals surface area contributed by atoms with E-state index in [4.69, 9.17) is 27.8 Å². The van der Waals surface area contributed by atoms with E-state index in [1.165, 1.54) is 0 Å². The van der Waals surface area contributed by atoms with Gasteiger partial charge in [-0.15, -0.1) is 17.5 Å². The minimum Gasteiger partial charge on any atom is -0.489 e. The Morgan fingerprint density at radius 2 is 1.86 bits per heavy atom. The summed E-state index contributed by atoms with van der Waals surface area (Å²) in [5.74, 6) is 0.653. The zero-order chi connectivity index (χ0) is 15.1. The van der Waals surface area contributed by atoms with Gasteiger partial charge in [-0.1, -0.05) is 35.9 Å². The largest absolute Gasteiger partial charge is 0.489 e. The fourth-order valence-electron chi connectivity index (χ4n) is 1.59. The Bertz CT molecular complexity index is 653. The summed E-state index contributed by atoms with van der Waals surface area (Å²) in [7, 11) is 0. The van der Waals surface area contributed by atoms with E-state index in [-0.39, 0.29) is 18.4 Å². The molecular formula is C15H16Cl2N4O. The first-order valence-corrected chi connectivity index (χ1v) is 6.60. The maximum atomic E-state index is 5.84. The summed E-state index contributed by atoms with van der Waals surface area (Å²) in [6.07, 6.45) is 1.55. The second kappa shape index (κ2) is 8.92. The quantitative estimate of drug-likeness (QED) is 0.499. The minimum absolute atomic E-state index is 0. The molecular weight excluding hydrogens is 323 g/mol. The first-order valence-electron chi connectivity index (χ1n) is 6.23. The fourth-order valence-corrected chi connectivity index (χ4v) is 1.72. The SMILES string of the molecule is Cl.NC(N)=NN=Cc1cccc(OCc2ccc(Cl)cc2)c1. The smallest absolute Gasteiger partial charge is 0.211 e. The van der Waals surface area contributed by atoms with E-state index in [9.17, 15) is 0 Å². The molecule has 0 aromatic heterocycles. The van der Waals surface area contributed by atoms with Crippen LogP contribution >= 0.6 is 24.0 Å². The van der Waals surface area contributed by atoms with Gasteiger partial charge in [0.2, 0.25) is 5.96 Å². The Balaban J connectivity index is 0.00000242. The first-order chi connectivity index (χ1) is 10.1. The summed E-state index contributed by atoms with van der Waals surface area (Å²) < 4.78 is 5.71. The summed E-state index contributed by atoms with van der Waals surface area (Å²) in [4.78, 5) is 0. The average molecular weight is 339 g/mol. The van der Waals surface area contributed by atoms with Gasteiger partial charge in [0.25, 0.3) is 0 Å². The van der Waals surface area contributed by atoms with E-state index in [0.717, 1.165) is 16.9 Å². The number of benzene rings is 2. The second-order valence-corrected chi connectivity index (χ2v) is 4.69. The summed E-state index contributed by atoms with van der Waals surface area (Å²) >= 11 is 5.84. The molecule has 0 unspecified atom stereocenters. The minimum atomic E-state index is -0.0820. The van der Waals surface area contributed by atoms with Crippen molar-refractivity contribution >= 4 is 36.2 Å². The number of guanidine groups is 1. The summed E-state index contributed by atoms with van der Waals surface area (Å²) in [5, 5.41) is 8.00. The molecule has 0 fully saturated rings. The maximum absolute atomic E-state index is 5.84. The zero-order valence-electron chi connectivity index (χ0n) is 11.6. The van der Waals surface area contributed by atoms with Crippen molar-refractivity contribution in [1.29, 1.82) is 0 Å². The normalized spacial score (nSPS) is 10.0. The molecule has 0 amide bonds. The van der Waals surface area contributed by atoms with Crippen LogP contribution in [0.4, 0.5) is 0 Å². The van der Waals surface area contributed by atoms with Crippen molar-refractivity contribution in [2.24, 2.45) is 21.7 Å². The predicted molar refractivity (Wildman–Crippen MR) is 92.9 cm³/mol. The van der Waals surface area contributed by atoms with Crippen molar-refractivity contribution in [1.82, 2.24) is 0 Å². The van der Waals surface area contributed by atoms with Crippen molar-refractivity contribution in [3.8, 4) is 5.75 Å². The van der Waals surface area contributed by atoms with Crippen molar-refractivity contribution in [3.63, 3.8) is 0 Å². The molecule has 7 heteroatoms. The number of nitrogens with two attached hydrogens (primary N) is 2. The van der Waals surface area contributed by atoms with Crippen LogP contribution in [0.1, 0.15) is 11.1 Å². The molecule has 0 saturated carbocycles. The highest BCUT2D eigenvalue weighted by molar-refractivity contribution is 6.30. The van der Waals surface area contributed by atoms with Crippen molar-refractivity contribution in [2.75, 3.05) is 0 Å². The van der Waals surface area contributed by atoms with Gasteiger partial charge in [-0.05, 0) is 35.4 Å². The molecule has 2 rings (SSSR count). The summed E-state index contributed by atoms with van der Waals surface area (Å²) in [6, 6.07) is 15.0. The van der Waals surface area contributed by atoms with E-state index in [0.29, 0.717) is 11.6 Å². The van der Waals surface area contributed by atoms with Gasteiger partial charge < -0.3 is 16.2 Å². The van der Waals surface area contributed by atoms with E-state index in [1.54, 1.807) is 6.21 Å². The third-order valence-electron chi connectivity index (χ3n) is 2.56. The van der Waals surface area contributed by atoms with Crippen molar-refractivity contribution in [3.05, 3.63) is 64.7 Å². The fraction of sp³-hybridized carbons (Fsp3) is 0.0667. The Labute approximate surface area is 140 Å². The van der Waals surface area contributed by atoms with E-state index < -0.39 is 0 Å². The monoisotopic (exact) mass is 338 g/mol. The van der Waals surface area contributed by atoms with Crippen molar-refractivity contribution < 1.29 is 4.74 Å². The third-order valence-corrected chi connectivity index (χ3v) is 2.81. The van der Waals surface area contributed by atoms with E-state index >= 15 is 0 Å². The Hall–Kier alpha value is -2.24. The lowest BCUT2D eigenvalue weighted by Gasteiger charge is -2.06. The van der Waals surface area contributed by atoms with Crippen LogP contribution in [0.5, 0.6) is 5.75 Å². The molecule has 5 nitrogen and oxygen atoms in total. The molecule has 4 N–H and O–H groups in total. The van der Waals surface area contributed by atoms with Crippen LogP contribution in [0.15, 0.2) is 58.7 Å². The molecule has 2 aromatic rings. The standard InChI is InChI=1S/C15H15ClN4O.ClH/c16-13-6-4-11(5-7-13)10-21-14-3-1-2-12(8-14)9-19-20-15(17)18;/h1-9H,10H2,(H4,17,18,20);1H. The molecule has 0 aliphatic heterocycles. The molecule has 0 aliphatic rings. The van der Waals surface area contributed by atoms with Gasteiger partial charge in [0.05, 0.1) is 6.21 Å². The van der Waals surface area contributed by atoms with Gasteiger partial charge in [0.15, 0.2) is 0 Å². The van der Waals surface area contributed by atoms with E-state index in [2.05, 4.69) is 10.2 Å². The van der Waals surface area contributed by atoms with Crippen LogP contribution in [0, 0.1) is 0 Å². The summed E-state index contributed by atoms with van der Waals surface area (Å²) in [6.45, 7) is 0.464. The molecule has 22 heavy (non-hydrogen) atoms. The number of nitrogens with zero attached hydrogens (tertiary/aromatic N) is 2. The van der Waals surface area contributed by atoms with Gasteiger partial charge in [0.1, 0.15) is 12.4 Å². The highest BCUT2D eigenvalue weighted by Gasteiger charge is 1.97. The van der Waals surface area contributed by atoms with Crippen LogP contribution < -0.4 is 16.2 Å². The Kier molecular flexibility index (Phi) is 7.22. The zero-order valence-corrected chi connectivity index (χ0v) is 13.2. The van der Waals surface area contributed by atoms with Crippen LogP contribution in [0.2, 0.25) is 5.02 Å². The number of hydrogen-bond acceptors (Lipinski definition) is 3. The molecule has 0 atom stereocenters. The Morgan fingerprint density at radius 1 is 1.14 bits per heavy atom. The molecule has 0 aliphatic carbocycles. The van der Waals surface area contributed by atoms with Gasteiger partial charge in [0, 0.05) is 5.02 Å². The number of hydrogen-bond donors (Lipinski definition) is 2. The van der Waals surface area contributed by atoms with Gasteiger partial charge in [-0.3, -0.25) is 0 Å².